The Balaban J connectivity index is 1.25. The van der Waals surface area contributed by atoms with E-state index in [0.717, 1.165) is 6.42 Å². The topological polar surface area (TPSA) is 4.93 Å². The molecule has 0 radical (unpaired) electrons. The van der Waals surface area contributed by atoms with Gasteiger partial charge in [-0.25, -0.2) is 0 Å². The molecule has 0 saturated heterocycles. The molecule has 8 aromatic rings. The Morgan fingerprint density at radius 3 is 1.84 bits per heavy atom. The fourth-order valence-corrected chi connectivity index (χ4v) is 8.54. The van der Waals surface area contributed by atoms with Crippen LogP contribution in [-0.2, 0) is 11.8 Å². The zero-order valence-corrected chi connectivity index (χ0v) is 24.7. The fourth-order valence-electron chi connectivity index (χ4n) is 8.54. The van der Waals surface area contributed by atoms with Gasteiger partial charge in [0.25, 0.3) is 0 Å². The van der Waals surface area contributed by atoms with Crippen molar-refractivity contribution in [2.45, 2.75) is 11.8 Å². The number of hydrogen-bond donors (Lipinski definition) is 0. The predicted molar refractivity (Wildman–Crippen MR) is 186 cm³/mol. The Morgan fingerprint density at radius 1 is 0.444 bits per heavy atom. The van der Waals surface area contributed by atoms with E-state index in [0.29, 0.717) is 0 Å². The van der Waals surface area contributed by atoms with Crippen molar-refractivity contribution in [3.05, 3.63) is 197 Å². The summed E-state index contributed by atoms with van der Waals surface area (Å²) in [7, 11) is 0. The van der Waals surface area contributed by atoms with Crippen LogP contribution in [0.3, 0.4) is 0 Å². The molecule has 0 aliphatic heterocycles. The predicted octanol–water partition coefficient (Wildman–Crippen LogP) is 10.7. The number of benzene rings is 7. The van der Waals surface area contributed by atoms with E-state index in [-0.39, 0.29) is 5.41 Å². The van der Waals surface area contributed by atoms with Crippen LogP contribution in [0.25, 0.3) is 49.7 Å². The van der Waals surface area contributed by atoms with E-state index in [1.165, 1.54) is 83.1 Å². The average molecular weight is 572 g/mol. The second kappa shape index (κ2) is 9.17. The minimum Gasteiger partial charge on any atom is -0.309 e. The first-order chi connectivity index (χ1) is 22.3. The lowest BCUT2D eigenvalue weighted by Crippen LogP contribution is -2.28. The van der Waals surface area contributed by atoms with Crippen LogP contribution in [0.5, 0.6) is 0 Å². The first kappa shape index (κ1) is 24.7. The molecule has 45 heavy (non-hydrogen) atoms. The molecule has 10 rings (SSSR count). The Bertz CT molecular complexity index is 2400. The fraction of sp³-hybridized carbons (Fsp3) is 0.0455. The molecule has 0 bridgehead atoms. The van der Waals surface area contributed by atoms with Gasteiger partial charge in [-0.1, -0.05) is 133 Å². The van der Waals surface area contributed by atoms with Gasteiger partial charge < -0.3 is 4.57 Å². The van der Waals surface area contributed by atoms with Crippen LogP contribution in [0.4, 0.5) is 0 Å². The maximum absolute atomic E-state index is 2.51. The van der Waals surface area contributed by atoms with Crippen molar-refractivity contribution in [3.8, 4) is 27.9 Å². The summed E-state index contributed by atoms with van der Waals surface area (Å²) in [6, 6.07) is 60.8. The third-order valence-corrected chi connectivity index (χ3v) is 10.3. The summed E-state index contributed by atoms with van der Waals surface area (Å²) in [6.07, 6.45) is 0.941. The molecule has 0 atom stereocenters. The summed E-state index contributed by atoms with van der Waals surface area (Å²) in [5.74, 6) is 0. The summed E-state index contributed by atoms with van der Waals surface area (Å²) in [5, 5.41) is 2.69. The summed E-state index contributed by atoms with van der Waals surface area (Å²) in [6.45, 7) is 0. The monoisotopic (exact) mass is 571 g/mol. The smallest absolute Gasteiger partial charge is 0.0713 e. The van der Waals surface area contributed by atoms with Gasteiger partial charge in [0, 0.05) is 16.5 Å². The summed E-state index contributed by atoms with van der Waals surface area (Å²) < 4.78 is 2.43. The molecule has 0 fully saturated rings. The van der Waals surface area contributed by atoms with Gasteiger partial charge in [0.2, 0.25) is 0 Å². The van der Waals surface area contributed by atoms with Crippen molar-refractivity contribution >= 4 is 21.8 Å². The van der Waals surface area contributed by atoms with Crippen LogP contribution >= 0.6 is 0 Å². The first-order valence-electron chi connectivity index (χ1n) is 15.8. The molecular weight excluding hydrogens is 542 g/mol. The zero-order chi connectivity index (χ0) is 29.5. The molecule has 1 aromatic heterocycles. The Hall–Kier alpha value is -5.66. The number of nitrogens with zero attached hydrogens (tertiary/aromatic N) is 1. The van der Waals surface area contributed by atoms with Crippen molar-refractivity contribution in [1.29, 1.82) is 0 Å². The molecule has 1 heteroatoms. The largest absolute Gasteiger partial charge is 0.309 e. The Morgan fingerprint density at radius 2 is 1.09 bits per heavy atom. The van der Waals surface area contributed by atoms with E-state index >= 15 is 0 Å². The van der Waals surface area contributed by atoms with Crippen LogP contribution < -0.4 is 0 Å². The molecule has 210 valence electrons. The number of rotatable bonds is 3. The summed E-state index contributed by atoms with van der Waals surface area (Å²) in [5.41, 5.74) is 16.9. The van der Waals surface area contributed by atoms with Gasteiger partial charge in [-0.2, -0.15) is 0 Å². The molecule has 1 nitrogen and oxygen atoms in total. The minimum atomic E-state index is -0.389. The molecule has 2 aliphatic carbocycles. The number of fused-ring (bicyclic) bond motifs is 10. The van der Waals surface area contributed by atoms with Crippen molar-refractivity contribution in [2.24, 2.45) is 0 Å². The van der Waals surface area contributed by atoms with E-state index in [1.54, 1.807) is 0 Å². The van der Waals surface area contributed by atoms with E-state index in [2.05, 4.69) is 168 Å². The van der Waals surface area contributed by atoms with E-state index < -0.39 is 0 Å². The summed E-state index contributed by atoms with van der Waals surface area (Å²) in [4.78, 5) is 0. The molecule has 2 aliphatic rings. The van der Waals surface area contributed by atoms with Crippen LogP contribution in [0.2, 0.25) is 0 Å². The molecule has 0 saturated carbocycles. The third-order valence-electron chi connectivity index (χ3n) is 10.3. The first-order valence-corrected chi connectivity index (χ1v) is 15.8. The maximum atomic E-state index is 2.51. The summed E-state index contributed by atoms with van der Waals surface area (Å²) >= 11 is 0. The Kier molecular flexibility index (Phi) is 5.04. The SMILES string of the molecule is c1ccc(-n2c3ccccc3c3c4c(ccc32)-c2cc(C3(c5ccccc5)c5ccccc5-c5ccccc53)ccc2C4)cc1. The van der Waals surface area contributed by atoms with Crippen LogP contribution in [0, 0.1) is 0 Å². The van der Waals surface area contributed by atoms with Crippen LogP contribution in [0.15, 0.2) is 164 Å². The van der Waals surface area contributed by atoms with Crippen molar-refractivity contribution in [2.75, 3.05) is 0 Å². The van der Waals surface area contributed by atoms with Crippen LogP contribution in [0.1, 0.15) is 33.4 Å². The van der Waals surface area contributed by atoms with Gasteiger partial charge in [0.05, 0.1) is 16.4 Å². The molecular formula is C44H29N. The zero-order valence-electron chi connectivity index (χ0n) is 24.7. The standard InChI is InChI=1S/C44H29N/c1-3-13-30(14-4-1)44(39-20-10-7-17-34(39)35-18-8-11-21-40(35)44)31-24-23-29-27-38-33(37(29)28-31)25-26-42-43(38)36-19-9-12-22-41(36)45(42)32-15-5-2-6-16-32/h1-26,28H,27H2. The highest BCUT2D eigenvalue weighted by atomic mass is 15.0. The molecule has 0 amide bonds. The molecule has 0 unspecified atom stereocenters. The van der Waals surface area contributed by atoms with Crippen molar-refractivity contribution in [3.63, 3.8) is 0 Å². The van der Waals surface area contributed by atoms with Crippen molar-refractivity contribution < 1.29 is 0 Å². The minimum absolute atomic E-state index is 0.389. The van der Waals surface area contributed by atoms with Gasteiger partial charge in [0.1, 0.15) is 0 Å². The van der Waals surface area contributed by atoms with Crippen LogP contribution in [-0.4, -0.2) is 4.57 Å². The molecule has 1 heterocycles. The van der Waals surface area contributed by atoms with Crippen molar-refractivity contribution in [1.82, 2.24) is 4.57 Å². The second-order valence-electron chi connectivity index (χ2n) is 12.4. The number of hydrogen-bond acceptors (Lipinski definition) is 0. The lowest BCUT2D eigenvalue weighted by atomic mass is 9.67. The van der Waals surface area contributed by atoms with Gasteiger partial charge >= 0.3 is 0 Å². The van der Waals surface area contributed by atoms with E-state index in [9.17, 15) is 0 Å². The van der Waals surface area contributed by atoms with Gasteiger partial charge in [0.15, 0.2) is 0 Å². The third kappa shape index (κ3) is 3.22. The Labute approximate surface area is 262 Å². The molecule has 7 aromatic carbocycles. The molecule has 0 spiro atoms. The average Bonchev–Trinajstić information content (AvgIpc) is 3.75. The quantitative estimate of drug-likeness (QED) is 0.199. The van der Waals surface area contributed by atoms with E-state index in [4.69, 9.17) is 0 Å². The maximum Gasteiger partial charge on any atom is 0.0713 e. The molecule has 0 N–H and O–H groups in total. The lowest BCUT2D eigenvalue weighted by molar-refractivity contribution is 0.768. The highest BCUT2D eigenvalue weighted by molar-refractivity contribution is 6.13. The number of para-hydroxylation sites is 2. The van der Waals surface area contributed by atoms with Gasteiger partial charge in [-0.05, 0) is 92.4 Å². The highest BCUT2D eigenvalue weighted by Crippen LogP contribution is 2.57. The van der Waals surface area contributed by atoms with Gasteiger partial charge in [-0.3, -0.25) is 0 Å². The normalized spacial score (nSPS) is 13.9. The highest BCUT2D eigenvalue weighted by Gasteiger charge is 2.46. The van der Waals surface area contributed by atoms with E-state index in [1.807, 2.05) is 0 Å². The van der Waals surface area contributed by atoms with Gasteiger partial charge in [-0.15, -0.1) is 0 Å². The number of aromatic nitrogens is 1. The second-order valence-corrected chi connectivity index (χ2v) is 12.4. The lowest BCUT2D eigenvalue weighted by Gasteiger charge is -2.34.